The van der Waals surface area contributed by atoms with Crippen molar-refractivity contribution in [1.82, 2.24) is 4.31 Å². The Balaban J connectivity index is 1.84. The summed E-state index contributed by atoms with van der Waals surface area (Å²) in [4.78, 5) is 0. The standard InChI is InChI=1S/C28H27NOS/c1-29(22-23-12-6-3-7-13-23)31-28(24-14-8-4-9-15-24,25-16-10-5-11-17-25)26-18-20-27(30-2)21-19-26/h3-21H,22H2,1-2H3. The van der Waals surface area contributed by atoms with E-state index in [9.17, 15) is 0 Å². The van der Waals surface area contributed by atoms with Crippen molar-refractivity contribution in [2.24, 2.45) is 0 Å². The zero-order valence-electron chi connectivity index (χ0n) is 17.9. The molecule has 4 aromatic rings. The number of methoxy groups -OCH3 is 1. The van der Waals surface area contributed by atoms with Crippen LogP contribution >= 0.6 is 11.9 Å². The van der Waals surface area contributed by atoms with Crippen LogP contribution in [0.1, 0.15) is 22.3 Å². The maximum Gasteiger partial charge on any atom is 0.118 e. The van der Waals surface area contributed by atoms with Gasteiger partial charge in [0.2, 0.25) is 0 Å². The number of nitrogens with zero attached hydrogens (tertiary/aromatic N) is 1. The third kappa shape index (κ3) is 4.68. The van der Waals surface area contributed by atoms with Gasteiger partial charge in [0.05, 0.1) is 7.11 Å². The summed E-state index contributed by atoms with van der Waals surface area (Å²) in [5, 5.41) is 0. The normalized spacial score (nSPS) is 11.5. The molecule has 0 radical (unpaired) electrons. The quantitative estimate of drug-likeness (QED) is 0.228. The molecule has 0 spiro atoms. The average molecular weight is 426 g/mol. The Morgan fingerprint density at radius 1 is 0.645 bits per heavy atom. The van der Waals surface area contributed by atoms with Crippen molar-refractivity contribution in [2.45, 2.75) is 11.3 Å². The molecule has 0 aliphatic carbocycles. The van der Waals surface area contributed by atoms with Crippen LogP contribution in [0.5, 0.6) is 5.75 Å². The van der Waals surface area contributed by atoms with E-state index in [1.165, 1.54) is 22.3 Å². The van der Waals surface area contributed by atoms with Gasteiger partial charge >= 0.3 is 0 Å². The molecule has 0 saturated heterocycles. The summed E-state index contributed by atoms with van der Waals surface area (Å²) in [7, 11) is 3.88. The lowest BCUT2D eigenvalue weighted by atomic mass is 9.84. The van der Waals surface area contributed by atoms with Crippen LogP contribution in [0.4, 0.5) is 0 Å². The first kappa shape index (κ1) is 21.2. The fourth-order valence-corrected chi connectivity index (χ4v) is 5.34. The lowest BCUT2D eigenvalue weighted by Gasteiger charge is -2.38. The Labute approximate surface area is 189 Å². The van der Waals surface area contributed by atoms with E-state index >= 15 is 0 Å². The maximum absolute atomic E-state index is 5.44. The second-order valence-electron chi connectivity index (χ2n) is 7.50. The molecule has 0 aromatic heterocycles. The molecule has 0 saturated carbocycles. The van der Waals surface area contributed by atoms with E-state index in [1.807, 2.05) is 24.1 Å². The third-order valence-corrected chi connectivity index (χ3v) is 6.82. The molecule has 0 amide bonds. The molecular formula is C28H27NOS. The van der Waals surface area contributed by atoms with E-state index in [4.69, 9.17) is 4.74 Å². The molecule has 2 nitrogen and oxygen atoms in total. The van der Waals surface area contributed by atoms with E-state index in [0.717, 1.165) is 12.3 Å². The summed E-state index contributed by atoms with van der Waals surface area (Å²) in [6.07, 6.45) is 0. The van der Waals surface area contributed by atoms with Crippen LogP contribution in [0.3, 0.4) is 0 Å². The van der Waals surface area contributed by atoms with E-state index in [0.29, 0.717) is 0 Å². The van der Waals surface area contributed by atoms with Gasteiger partial charge < -0.3 is 4.74 Å². The van der Waals surface area contributed by atoms with Crippen LogP contribution in [0.15, 0.2) is 115 Å². The maximum atomic E-state index is 5.44. The van der Waals surface area contributed by atoms with Crippen LogP contribution in [-0.2, 0) is 11.3 Å². The van der Waals surface area contributed by atoms with Crippen molar-refractivity contribution >= 4 is 11.9 Å². The second-order valence-corrected chi connectivity index (χ2v) is 8.92. The summed E-state index contributed by atoms with van der Waals surface area (Å²) < 4.78 is 7.38. The van der Waals surface area contributed by atoms with Gasteiger partial charge in [-0.25, -0.2) is 4.31 Å². The Kier molecular flexibility index (Phi) is 6.76. The fourth-order valence-electron chi connectivity index (χ4n) is 3.94. The second kappa shape index (κ2) is 9.86. The van der Waals surface area contributed by atoms with Gasteiger partial charge in [0.25, 0.3) is 0 Å². The fraction of sp³-hybridized carbons (Fsp3) is 0.143. The van der Waals surface area contributed by atoms with Crippen LogP contribution < -0.4 is 4.74 Å². The minimum atomic E-state index is -0.391. The minimum Gasteiger partial charge on any atom is -0.497 e. The average Bonchev–Trinajstić information content (AvgIpc) is 2.84. The first-order valence-electron chi connectivity index (χ1n) is 10.4. The number of rotatable bonds is 8. The largest absolute Gasteiger partial charge is 0.497 e. The molecule has 0 aliphatic heterocycles. The highest BCUT2D eigenvalue weighted by Crippen LogP contribution is 2.50. The first-order chi connectivity index (χ1) is 15.2. The molecule has 0 bridgehead atoms. The van der Waals surface area contributed by atoms with Crippen molar-refractivity contribution in [3.63, 3.8) is 0 Å². The predicted molar refractivity (Wildman–Crippen MR) is 131 cm³/mol. The van der Waals surface area contributed by atoms with Gasteiger partial charge in [-0.05, 0) is 41.4 Å². The molecule has 0 aliphatic rings. The first-order valence-corrected chi connectivity index (χ1v) is 11.2. The van der Waals surface area contributed by atoms with Gasteiger partial charge in [-0.3, -0.25) is 0 Å². The van der Waals surface area contributed by atoms with Crippen molar-refractivity contribution < 1.29 is 4.74 Å². The molecule has 0 unspecified atom stereocenters. The van der Waals surface area contributed by atoms with Crippen molar-refractivity contribution in [3.05, 3.63) is 138 Å². The highest BCUT2D eigenvalue weighted by molar-refractivity contribution is 7.98. The zero-order chi connectivity index (χ0) is 21.5. The lowest BCUT2D eigenvalue weighted by molar-refractivity contribution is 0.414. The number of hydrogen-bond acceptors (Lipinski definition) is 3. The van der Waals surface area contributed by atoms with Gasteiger partial charge in [-0.15, -0.1) is 0 Å². The molecule has 4 aromatic carbocycles. The molecule has 0 heterocycles. The Morgan fingerprint density at radius 2 is 1.10 bits per heavy atom. The minimum absolute atomic E-state index is 0.391. The van der Waals surface area contributed by atoms with Crippen LogP contribution in [0, 0.1) is 0 Å². The topological polar surface area (TPSA) is 12.5 Å². The Hall–Kier alpha value is -3.01. The molecule has 3 heteroatoms. The Morgan fingerprint density at radius 3 is 1.58 bits per heavy atom. The van der Waals surface area contributed by atoms with Gasteiger partial charge in [-0.1, -0.05) is 115 Å². The van der Waals surface area contributed by atoms with E-state index in [2.05, 4.69) is 114 Å². The molecule has 156 valence electrons. The lowest BCUT2D eigenvalue weighted by Crippen LogP contribution is -2.30. The SMILES string of the molecule is COc1ccc(C(SN(C)Cc2ccccc2)(c2ccccc2)c2ccccc2)cc1. The number of hydrogen-bond donors (Lipinski definition) is 0. The van der Waals surface area contributed by atoms with Crippen molar-refractivity contribution in [2.75, 3.05) is 14.2 Å². The van der Waals surface area contributed by atoms with Crippen LogP contribution in [-0.4, -0.2) is 18.5 Å². The van der Waals surface area contributed by atoms with Crippen molar-refractivity contribution in [1.29, 1.82) is 0 Å². The highest BCUT2D eigenvalue weighted by Gasteiger charge is 2.38. The number of benzene rings is 4. The molecule has 0 N–H and O–H groups in total. The van der Waals surface area contributed by atoms with Crippen LogP contribution in [0.2, 0.25) is 0 Å². The van der Waals surface area contributed by atoms with E-state index < -0.39 is 4.75 Å². The van der Waals surface area contributed by atoms with Gasteiger partial charge in [0.15, 0.2) is 0 Å². The van der Waals surface area contributed by atoms with Crippen molar-refractivity contribution in [3.8, 4) is 5.75 Å². The van der Waals surface area contributed by atoms with Gasteiger partial charge in [-0.2, -0.15) is 0 Å². The zero-order valence-corrected chi connectivity index (χ0v) is 18.8. The molecule has 4 rings (SSSR count). The predicted octanol–water partition coefficient (Wildman–Crippen LogP) is 6.77. The summed E-state index contributed by atoms with van der Waals surface area (Å²) in [5.74, 6) is 0.862. The molecular weight excluding hydrogens is 398 g/mol. The third-order valence-electron chi connectivity index (χ3n) is 5.40. The number of ether oxygens (including phenoxy) is 1. The van der Waals surface area contributed by atoms with Crippen LogP contribution in [0.25, 0.3) is 0 Å². The monoisotopic (exact) mass is 425 g/mol. The summed E-state index contributed by atoms with van der Waals surface area (Å²) >= 11 is 1.85. The Bertz CT molecular complexity index is 1030. The smallest absolute Gasteiger partial charge is 0.118 e. The molecule has 0 atom stereocenters. The summed E-state index contributed by atoms with van der Waals surface area (Å²) in [5.41, 5.74) is 5.01. The van der Waals surface area contributed by atoms with Gasteiger partial charge in [0.1, 0.15) is 10.5 Å². The highest BCUT2D eigenvalue weighted by atomic mass is 32.2. The molecule has 31 heavy (non-hydrogen) atoms. The van der Waals surface area contributed by atoms with Gasteiger partial charge in [0, 0.05) is 6.54 Å². The summed E-state index contributed by atoms with van der Waals surface area (Å²) in [6.45, 7) is 0.850. The molecule has 0 fully saturated rings. The van der Waals surface area contributed by atoms with E-state index in [1.54, 1.807) is 7.11 Å². The van der Waals surface area contributed by atoms with E-state index in [-0.39, 0.29) is 0 Å². The summed E-state index contributed by atoms with van der Waals surface area (Å²) in [6, 6.07) is 40.6.